The smallest absolute Gasteiger partial charge is 0.311 e. The highest BCUT2D eigenvalue weighted by molar-refractivity contribution is 5.75. The van der Waals surface area contributed by atoms with Gasteiger partial charge in [-0.1, -0.05) is 0 Å². The van der Waals surface area contributed by atoms with Gasteiger partial charge in [0, 0.05) is 13.6 Å². The summed E-state index contributed by atoms with van der Waals surface area (Å²) >= 11 is 0. The molecule has 0 aromatic heterocycles. The Bertz CT molecular complexity index is 168. The quantitative estimate of drug-likeness (QED) is 0.479. The van der Waals surface area contributed by atoms with Crippen LogP contribution in [0, 0.1) is 5.41 Å². The average Bonchev–Trinajstić information content (AvgIpc) is 2.12. The Morgan fingerprint density at radius 2 is 1.92 bits per heavy atom. The lowest BCUT2D eigenvalue weighted by molar-refractivity contribution is -0.154. The lowest BCUT2D eigenvalue weighted by Crippen LogP contribution is -2.30. The van der Waals surface area contributed by atoms with Crippen LogP contribution in [0.25, 0.3) is 0 Å². The number of carbonyl (C=O) groups is 1. The van der Waals surface area contributed by atoms with Gasteiger partial charge < -0.3 is 9.57 Å². The number of carbonyl (C=O) groups excluding carboxylic acids is 1. The van der Waals surface area contributed by atoms with E-state index in [1.165, 1.54) is 7.11 Å². The summed E-state index contributed by atoms with van der Waals surface area (Å²) in [4.78, 5) is 16.2. The summed E-state index contributed by atoms with van der Waals surface area (Å²) in [5, 5.41) is 1.69. The third-order valence-corrected chi connectivity index (χ3v) is 2.10. The fourth-order valence-corrected chi connectivity index (χ4v) is 0.907. The SMILES string of the molecule is COC(=O)C(C)(C)CCN(C)OC. The monoisotopic (exact) mass is 189 g/mol. The number of methoxy groups -OCH3 is 1. The van der Waals surface area contributed by atoms with Crippen LogP contribution in [0.4, 0.5) is 0 Å². The highest BCUT2D eigenvalue weighted by atomic mass is 16.7. The van der Waals surface area contributed by atoms with Crippen LogP contribution < -0.4 is 0 Å². The molecule has 0 aliphatic carbocycles. The van der Waals surface area contributed by atoms with Crippen molar-refractivity contribution < 1.29 is 14.4 Å². The highest BCUT2D eigenvalue weighted by Crippen LogP contribution is 2.21. The first kappa shape index (κ1) is 12.4. The van der Waals surface area contributed by atoms with Crippen LogP contribution >= 0.6 is 0 Å². The van der Waals surface area contributed by atoms with E-state index in [2.05, 4.69) is 4.74 Å². The molecule has 0 N–H and O–H groups in total. The molecular weight excluding hydrogens is 170 g/mol. The lowest BCUT2D eigenvalue weighted by Gasteiger charge is -2.23. The van der Waals surface area contributed by atoms with Gasteiger partial charge in [0.15, 0.2) is 0 Å². The maximum Gasteiger partial charge on any atom is 0.311 e. The molecule has 0 aromatic rings. The van der Waals surface area contributed by atoms with Gasteiger partial charge in [-0.15, -0.1) is 0 Å². The van der Waals surface area contributed by atoms with Gasteiger partial charge in [0.25, 0.3) is 0 Å². The Balaban J connectivity index is 3.95. The topological polar surface area (TPSA) is 38.8 Å². The molecule has 0 aliphatic rings. The minimum atomic E-state index is -0.443. The second kappa shape index (κ2) is 5.19. The molecular formula is C9H19NO3. The Morgan fingerprint density at radius 3 is 2.31 bits per heavy atom. The molecule has 0 saturated heterocycles. The van der Waals surface area contributed by atoms with E-state index in [1.54, 1.807) is 12.2 Å². The van der Waals surface area contributed by atoms with Crippen molar-refractivity contribution in [1.29, 1.82) is 0 Å². The molecule has 0 radical (unpaired) electrons. The molecule has 4 heteroatoms. The van der Waals surface area contributed by atoms with Crippen LogP contribution in [-0.2, 0) is 14.4 Å². The zero-order chi connectivity index (χ0) is 10.5. The highest BCUT2D eigenvalue weighted by Gasteiger charge is 2.28. The van der Waals surface area contributed by atoms with Gasteiger partial charge in [0.2, 0.25) is 0 Å². The molecule has 0 bridgehead atoms. The molecule has 0 aromatic carbocycles. The Hall–Kier alpha value is -0.610. The van der Waals surface area contributed by atoms with Crippen LogP contribution in [0.15, 0.2) is 0 Å². The summed E-state index contributed by atoms with van der Waals surface area (Å²) in [6, 6.07) is 0. The van der Waals surface area contributed by atoms with Crippen molar-refractivity contribution in [3.63, 3.8) is 0 Å². The molecule has 0 unspecified atom stereocenters. The van der Waals surface area contributed by atoms with Crippen molar-refractivity contribution >= 4 is 5.97 Å². The van der Waals surface area contributed by atoms with E-state index in [0.717, 1.165) is 0 Å². The number of esters is 1. The molecule has 0 spiro atoms. The maximum absolute atomic E-state index is 11.3. The molecule has 78 valence electrons. The zero-order valence-electron chi connectivity index (χ0n) is 9.09. The molecule has 0 atom stereocenters. The molecule has 0 heterocycles. The predicted octanol–water partition coefficient (Wildman–Crippen LogP) is 1.07. The Labute approximate surface area is 79.8 Å². The van der Waals surface area contributed by atoms with E-state index in [9.17, 15) is 4.79 Å². The van der Waals surface area contributed by atoms with Crippen LogP contribution in [-0.4, -0.2) is 38.8 Å². The van der Waals surface area contributed by atoms with Crippen LogP contribution in [0.2, 0.25) is 0 Å². The molecule has 0 saturated carbocycles. The van der Waals surface area contributed by atoms with Crippen molar-refractivity contribution in [2.24, 2.45) is 5.41 Å². The van der Waals surface area contributed by atoms with Crippen molar-refractivity contribution in [2.45, 2.75) is 20.3 Å². The maximum atomic E-state index is 11.3. The summed E-state index contributed by atoms with van der Waals surface area (Å²) in [6.45, 7) is 4.43. The number of rotatable bonds is 5. The third-order valence-electron chi connectivity index (χ3n) is 2.10. The van der Waals surface area contributed by atoms with Crippen molar-refractivity contribution in [2.75, 3.05) is 27.8 Å². The molecule has 0 aliphatic heterocycles. The first-order valence-electron chi connectivity index (χ1n) is 4.27. The van der Waals surface area contributed by atoms with E-state index in [1.807, 2.05) is 20.9 Å². The van der Waals surface area contributed by atoms with Gasteiger partial charge >= 0.3 is 5.97 Å². The fraction of sp³-hybridized carbons (Fsp3) is 0.889. The number of hydroxylamine groups is 2. The van der Waals surface area contributed by atoms with Gasteiger partial charge in [0.05, 0.1) is 19.6 Å². The zero-order valence-corrected chi connectivity index (χ0v) is 9.09. The van der Waals surface area contributed by atoms with Gasteiger partial charge in [-0.25, -0.2) is 0 Å². The fourth-order valence-electron chi connectivity index (χ4n) is 0.907. The van der Waals surface area contributed by atoms with Gasteiger partial charge in [-0.05, 0) is 20.3 Å². The summed E-state index contributed by atoms with van der Waals surface area (Å²) in [7, 11) is 4.84. The van der Waals surface area contributed by atoms with Gasteiger partial charge in [-0.3, -0.25) is 4.79 Å². The van der Waals surface area contributed by atoms with Gasteiger partial charge in [0.1, 0.15) is 0 Å². The molecule has 0 amide bonds. The lowest BCUT2D eigenvalue weighted by atomic mass is 9.89. The summed E-state index contributed by atoms with van der Waals surface area (Å²) in [6.07, 6.45) is 0.712. The van der Waals surface area contributed by atoms with E-state index in [4.69, 9.17) is 4.84 Å². The number of ether oxygens (including phenoxy) is 1. The minimum absolute atomic E-state index is 0.183. The van der Waals surface area contributed by atoms with E-state index >= 15 is 0 Å². The molecule has 0 fully saturated rings. The van der Waals surface area contributed by atoms with Crippen LogP contribution in [0.5, 0.6) is 0 Å². The predicted molar refractivity (Wildman–Crippen MR) is 50.1 cm³/mol. The standard InChI is InChI=1S/C9H19NO3/c1-9(2,8(11)12-4)6-7-10(3)13-5/h6-7H2,1-5H3. The van der Waals surface area contributed by atoms with Crippen molar-refractivity contribution in [3.8, 4) is 0 Å². The second-order valence-electron chi connectivity index (χ2n) is 3.66. The molecule has 0 rings (SSSR count). The van der Waals surface area contributed by atoms with Crippen molar-refractivity contribution in [1.82, 2.24) is 5.06 Å². The van der Waals surface area contributed by atoms with E-state index in [0.29, 0.717) is 13.0 Å². The van der Waals surface area contributed by atoms with Crippen LogP contribution in [0.1, 0.15) is 20.3 Å². The molecule has 13 heavy (non-hydrogen) atoms. The Morgan fingerprint density at radius 1 is 1.38 bits per heavy atom. The minimum Gasteiger partial charge on any atom is -0.469 e. The van der Waals surface area contributed by atoms with E-state index in [-0.39, 0.29) is 5.97 Å². The number of hydrogen-bond acceptors (Lipinski definition) is 4. The second-order valence-corrected chi connectivity index (χ2v) is 3.66. The van der Waals surface area contributed by atoms with Gasteiger partial charge in [-0.2, -0.15) is 5.06 Å². The summed E-state index contributed by atoms with van der Waals surface area (Å²) in [5.74, 6) is -0.183. The summed E-state index contributed by atoms with van der Waals surface area (Å²) < 4.78 is 4.68. The molecule has 4 nitrogen and oxygen atoms in total. The average molecular weight is 189 g/mol. The number of nitrogens with zero attached hydrogens (tertiary/aromatic N) is 1. The first-order valence-corrected chi connectivity index (χ1v) is 4.27. The normalized spacial score (nSPS) is 11.8. The van der Waals surface area contributed by atoms with Crippen LogP contribution in [0.3, 0.4) is 0 Å². The third kappa shape index (κ3) is 4.24. The van der Waals surface area contributed by atoms with E-state index < -0.39 is 5.41 Å². The largest absolute Gasteiger partial charge is 0.469 e. The summed E-state index contributed by atoms with van der Waals surface area (Å²) in [5.41, 5.74) is -0.443. The van der Waals surface area contributed by atoms with Crippen molar-refractivity contribution in [3.05, 3.63) is 0 Å². The Kier molecular flexibility index (Phi) is 4.95. The first-order chi connectivity index (χ1) is 5.94. The number of hydrogen-bond donors (Lipinski definition) is 0.